The molecule has 0 aliphatic heterocycles. The molecule has 2 aromatic heterocycles. The molecule has 0 saturated carbocycles. The van der Waals surface area contributed by atoms with E-state index in [1.165, 1.54) is 20.2 Å². The van der Waals surface area contributed by atoms with Crippen molar-refractivity contribution in [2.45, 2.75) is 39.5 Å². The van der Waals surface area contributed by atoms with E-state index < -0.39 is 23.8 Å². The Bertz CT molecular complexity index is 1040. The second-order valence-corrected chi connectivity index (χ2v) is 7.40. The summed E-state index contributed by atoms with van der Waals surface area (Å²) >= 11 is 2.90. The Balaban J connectivity index is 1.72. The maximum Gasteiger partial charge on any atom is 0.436 e. The lowest BCUT2D eigenvalue weighted by Crippen LogP contribution is -2.26. The highest BCUT2D eigenvalue weighted by Gasteiger charge is 2.39. The second kappa shape index (κ2) is 7.97. The normalized spacial score (nSPS) is 12.8. The molecule has 1 aromatic carbocycles. The zero-order valence-corrected chi connectivity index (χ0v) is 17.4. The minimum absolute atomic E-state index is 0.0643. The topological polar surface area (TPSA) is 77.6 Å². The first kappa shape index (κ1) is 21.0. The van der Waals surface area contributed by atoms with Crippen LogP contribution in [0.2, 0.25) is 0 Å². The van der Waals surface area contributed by atoms with Gasteiger partial charge in [-0.05, 0) is 42.3 Å². The maximum atomic E-state index is 13.0. The molecule has 0 fully saturated rings. The number of aryl methyl sites for hydroxylation is 1. The summed E-state index contributed by atoms with van der Waals surface area (Å²) < 4.78 is 41.5. The van der Waals surface area contributed by atoms with Gasteiger partial charge in [0.05, 0.1) is 16.7 Å². The summed E-state index contributed by atoms with van der Waals surface area (Å²) in [4.78, 5) is 16.5. The molecule has 2 heterocycles. The van der Waals surface area contributed by atoms with Gasteiger partial charge in [-0.3, -0.25) is 14.8 Å². The van der Waals surface area contributed by atoms with Crippen LogP contribution in [0, 0.1) is 13.8 Å². The van der Waals surface area contributed by atoms with Crippen molar-refractivity contribution in [2.75, 3.05) is 5.32 Å². The predicted octanol–water partition coefficient (Wildman–Crippen LogP) is 4.12. The van der Waals surface area contributed by atoms with Crippen LogP contribution < -0.4 is 5.32 Å². The van der Waals surface area contributed by atoms with Gasteiger partial charge in [0.25, 0.3) is 5.91 Å². The molecular weight excluding hydrogens is 453 g/mol. The number of nitrogens with zero attached hydrogens (tertiary/aromatic N) is 5. The molecule has 0 spiro atoms. The van der Waals surface area contributed by atoms with Gasteiger partial charge in [0.1, 0.15) is 12.4 Å². The third-order valence-electron chi connectivity index (χ3n) is 4.29. The minimum atomic E-state index is -4.62. The van der Waals surface area contributed by atoms with E-state index in [0.717, 1.165) is 15.8 Å². The Morgan fingerprint density at radius 1 is 1.28 bits per heavy atom. The van der Waals surface area contributed by atoms with Crippen molar-refractivity contribution in [3.63, 3.8) is 0 Å². The number of rotatable bonds is 5. The van der Waals surface area contributed by atoms with E-state index in [-0.39, 0.29) is 16.1 Å². The molecule has 7 nitrogen and oxygen atoms in total. The molecule has 3 aromatic rings. The number of benzene rings is 1. The van der Waals surface area contributed by atoms with Gasteiger partial charge in [0.2, 0.25) is 5.95 Å². The molecule has 0 saturated heterocycles. The monoisotopic (exact) mass is 470 g/mol. The molecule has 1 amide bonds. The number of alkyl halides is 3. The Morgan fingerprint density at radius 3 is 2.62 bits per heavy atom. The standard InChI is InChI=1S/C18H18BrF3N6O/c1-10-5-4-6-13(7-10)8-27-9-23-17(26-27)24-16(29)12(3)28-11(2)14(19)15(25-28)18(20,21)22/h4-7,9,12H,8H2,1-3H3,(H,24,26,29). The third-order valence-corrected chi connectivity index (χ3v) is 5.24. The highest BCUT2D eigenvalue weighted by Crippen LogP contribution is 2.36. The SMILES string of the molecule is Cc1cccc(Cn2cnc(NC(=O)C(C)n3nc(C(F)(F)F)c(Br)c3C)n2)c1. The zero-order valence-electron chi connectivity index (χ0n) is 15.8. The fourth-order valence-electron chi connectivity index (χ4n) is 2.81. The van der Waals surface area contributed by atoms with Crippen LogP contribution in [0.1, 0.15) is 35.5 Å². The van der Waals surface area contributed by atoms with Crippen molar-refractivity contribution in [1.29, 1.82) is 0 Å². The highest BCUT2D eigenvalue weighted by molar-refractivity contribution is 9.10. The highest BCUT2D eigenvalue weighted by atomic mass is 79.9. The van der Waals surface area contributed by atoms with Crippen molar-refractivity contribution in [1.82, 2.24) is 24.5 Å². The first-order valence-electron chi connectivity index (χ1n) is 8.64. The number of carbonyl (C=O) groups excluding carboxylic acids is 1. The summed E-state index contributed by atoms with van der Waals surface area (Å²) in [5, 5.41) is 10.3. The van der Waals surface area contributed by atoms with Gasteiger partial charge in [-0.25, -0.2) is 9.67 Å². The Labute approximate surface area is 173 Å². The summed E-state index contributed by atoms with van der Waals surface area (Å²) in [6, 6.07) is 6.89. The number of aromatic nitrogens is 5. The smallest absolute Gasteiger partial charge is 0.291 e. The molecule has 1 atom stereocenters. The first-order chi connectivity index (χ1) is 13.6. The van der Waals surface area contributed by atoms with Crippen molar-refractivity contribution in [3.05, 3.63) is 57.6 Å². The third kappa shape index (κ3) is 4.66. The molecule has 0 aliphatic carbocycles. The van der Waals surface area contributed by atoms with Crippen LogP contribution >= 0.6 is 15.9 Å². The molecule has 3 rings (SSSR count). The first-order valence-corrected chi connectivity index (χ1v) is 9.43. The molecule has 154 valence electrons. The largest absolute Gasteiger partial charge is 0.436 e. The van der Waals surface area contributed by atoms with Gasteiger partial charge in [-0.1, -0.05) is 29.8 Å². The van der Waals surface area contributed by atoms with E-state index in [9.17, 15) is 18.0 Å². The lowest BCUT2D eigenvalue weighted by Gasteiger charge is -2.13. The molecule has 0 aliphatic rings. The van der Waals surface area contributed by atoms with Crippen molar-refractivity contribution < 1.29 is 18.0 Å². The molecule has 0 bridgehead atoms. The number of carbonyl (C=O) groups is 1. The average Bonchev–Trinajstić information content (AvgIpc) is 3.19. The van der Waals surface area contributed by atoms with Gasteiger partial charge in [-0.15, -0.1) is 5.10 Å². The maximum absolute atomic E-state index is 13.0. The number of hydrogen-bond donors (Lipinski definition) is 1. The van der Waals surface area contributed by atoms with Gasteiger partial charge in [0.15, 0.2) is 5.69 Å². The quantitative estimate of drug-likeness (QED) is 0.608. The van der Waals surface area contributed by atoms with Gasteiger partial charge in [0, 0.05) is 0 Å². The summed E-state index contributed by atoms with van der Waals surface area (Å²) in [6.07, 6.45) is -3.15. The van der Waals surface area contributed by atoms with Crippen molar-refractivity contribution in [2.24, 2.45) is 0 Å². The van der Waals surface area contributed by atoms with E-state index in [1.54, 1.807) is 4.68 Å². The van der Waals surface area contributed by atoms with E-state index in [2.05, 4.69) is 36.4 Å². The van der Waals surface area contributed by atoms with Gasteiger partial charge >= 0.3 is 6.18 Å². The summed E-state index contributed by atoms with van der Waals surface area (Å²) in [5.41, 5.74) is 1.26. The van der Waals surface area contributed by atoms with Crippen LogP contribution in [0.5, 0.6) is 0 Å². The van der Waals surface area contributed by atoms with E-state index in [0.29, 0.717) is 6.54 Å². The number of halogens is 4. The molecule has 0 radical (unpaired) electrons. The van der Waals surface area contributed by atoms with Crippen LogP contribution in [0.3, 0.4) is 0 Å². The Hall–Kier alpha value is -2.69. The lowest BCUT2D eigenvalue weighted by atomic mass is 10.1. The predicted molar refractivity (Wildman–Crippen MR) is 103 cm³/mol. The lowest BCUT2D eigenvalue weighted by molar-refractivity contribution is -0.142. The summed E-state index contributed by atoms with van der Waals surface area (Å²) in [6.45, 7) is 5.36. The van der Waals surface area contributed by atoms with Crippen LogP contribution in [0.4, 0.5) is 19.1 Å². The summed E-state index contributed by atoms with van der Waals surface area (Å²) in [7, 11) is 0. The van der Waals surface area contributed by atoms with Gasteiger partial charge in [-0.2, -0.15) is 18.3 Å². The van der Waals surface area contributed by atoms with E-state index in [4.69, 9.17) is 0 Å². The molecule has 1 N–H and O–H groups in total. The number of nitrogens with one attached hydrogen (secondary N) is 1. The van der Waals surface area contributed by atoms with Crippen molar-refractivity contribution >= 4 is 27.8 Å². The van der Waals surface area contributed by atoms with Gasteiger partial charge < -0.3 is 0 Å². The fraction of sp³-hybridized carbons (Fsp3) is 0.333. The van der Waals surface area contributed by atoms with Crippen LogP contribution in [-0.4, -0.2) is 30.5 Å². The minimum Gasteiger partial charge on any atom is -0.291 e. The number of amides is 1. The fourth-order valence-corrected chi connectivity index (χ4v) is 3.29. The van der Waals surface area contributed by atoms with E-state index >= 15 is 0 Å². The second-order valence-electron chi connectivity index (χ2n) is 6.61. The molecular formula is C18H18BrF3N6O. The number of hydrogen-bond acceptors (Lipinski definition) is 4. The van der Waals surface area contributed by atoms with Crippen LogP contribution in [-0.2, 0) is 17.5 Å². The molecule has 29 heavy (non-hydrogen) atoms. The van der Waals surface area contributed by atoms with Crippen LogP contribution in [0.25, 0.3) is 0 Å². The summed E-state index contributed by atoms with van der Waals surface area (Å²) in [5.74, 6) is -0.514. The Morgan fingerprint density at radius 2 is 2.00 bits per heavy atom. The van der Waals surface area contributed by atoms with Crippen LogP contribution in [0.15, 0.2) is 35.1 Å². The zero-order chi connectivity index (χ0) is 21.3. The molecule has 1 unspecified atom stereocenters. The molecule has 11 heteroatoms. The Kier molecular flexibility index (Phi) is 5.78. The number of anilines is 1. The van der Waals surface area contributed by atoms with Crippen molar-refractivity contribution in [3.8, 4) is 0 Å². The van der Waals surface area contributed by atoms with E-state index in [1.807, 2.05) is 31.2 Å². The average molecular weight is 471 g/mol.